The second-order valence-corrected chi connectivity index (χ2v) is 7.25. The number of methoxy groups -OCH3 is 1. The predicted octanol–water partition coefficient (Wildman–Crippen LogP) is 2.70. The van der Waals surface area contributed by atoms with Gasteiger partial charge in [0.05, 0.1) is 24.0 Å². The molecule has 2 rings (SSSR count). The number of esters is 1. The molecule has 1 aromatic heterocycles. The summed E-state index contributed by atoms with van der Waals surface area (Å²) in [4.78, 5) is 24.0. The predicted molar refractivity (Wildman–Crippen MR) is 103 cm³/mol. The van der Waals surface area contributed by atoms with Crippen LogP contribution in [0.3, 0.4) is 0 Å². The number of ether oxygens (including phenoxy) is 2. The maximum atomic E-state index is 12.4. The van der Waals surface area contributed by atoms with E-state index in [9.17, 15) is 9.59 Å². The zero-order valence-electron chi connectivity index (χ0n) is 15.5. The quantitative estimate of drug-likeness (QED) is 0.526. The molecule has 0 fully saturated rings. The maximum Gasteiger partial charge on any atom is 0.313 e. The largest absolute Gasteiger partial charge is 0.495 e. The Kier molecular flexibility index (Phi) is 7.49. The van der Waals surface area contributed by atoms with Crippen molar-refractivity contribution in [2.24, 2.45) is 7.05 Å². The van der Waals surface area contributed by atoms with E-state index in [4.69, 9.17) is 21.1 Å². The zero-order valence-corrected chi connectivity index (χ0v) is 17.1. The molecular weight excluding hydrogens is 392 g/mol. The third-order valence-corrected chi connectivity index (χ3v) is 5.03. The molecule has 146 valence electrons. The van der Waals surface area contributed by atoms with Crippen molar-refractivity contribution in [2.45, 2.75) is 30.7 Å². The highest BCUT2D eigenvalue weighted by atomic mass is 35.5. The van der Waals surface area contributed by atoms with E-state index in [0.29, 0.717) is 34.0 Å². The van der Waals surface area contributed by atoms with Crippen LogP contribution in [0.5, 0.6) is 5.75 Å². The van der Waals surface area contributed by atoms with Gasteiger partial charge >= 0.3 is 5.97 Å². The van der Waals surface area contributed by atoms with Crippen LogP contribution in [0.4, 0.5) is 5.69 Å². The normalized spacial score (nSPS) is 11.7. The van der Waals surface area contributed by atoms with Crippen molar-refractivity contribution in [1.29, 1.82) is 0 Å². The average molecular weight is 413 g/mol. The second kappa shape index (κ2) is 9.61. The van der Waals surface area contributed by atoms with Crippen LogP contribution in [-0.2, 0) is 27.8 Å². The molecule has 0 saturated carbocycles. The number of benzene rings is 1. The summed E-state index contributed by atoms with van der Waals surface area (Å²) in [6.07, 6.45) is 0.0306. The van der Waals surface area contributed by atoms with E-state index in [1.54, 1.807) is 43.7 Å². The number of hydrogen-bond donors (Lipinski definition) is 1. The van der Waals surface area contributed by atoms with Crippen LogP contribution in [-0.4, -0.2) is 45.6 Å². The summed E-state index contributed by atoms with van der Waals surface area (Å²) in [6, 6.07) is 5.01. The van der Waals surface area contributed by atoms with Gasteiger partial charge in [-0.15, -0.1) is 10.2 Å². The first kappa shape index (κ1) is 21.0. The lowest BCUT2D eigenvalue weighted by molar-refractivity contribution is -0.142. The third-order valence-electron chi connectivity index (χ3n) is 3.60. The van der Waals surface area contributed by atoms with Crippen LogP contribution in [0.2, 0.25) is 5.02 Å². The Labute approximate surface area is 166 Å². The summed E-state index contributed by atoms with van der Waals surface area (Å²) in [5.74, 6) is 0.429. The van der Waals surface area contributed by atoms with E-state index in [1.807, 2.05) is 0 Å². The number of amides is 1. The number of nitrogens with zero attached hydrogens (tertiary/aromatic N) is 3. The van der Waals surface area contributed by atoms with Crippen molar-refractivity contribution in [3.63, 3.8) is 0 Å². The van der Waals surface area contributed by atoms with Gasteiger partial charge in [0.15, 0.2) is 5.16 Å². The first-order chi connectivity index (χ1) is 12.8. The summed E-state index contributed by atoms with van der Waals surface area (Å²) in [6.45, 7) is 3.81. The van der Waals surface area contributed by atoms with Crippen molar-refractivity contribution in [3.05, 3.63) is 29.0 Å². The lowest BCUT2D eigenvalue weighted by Crippen LogP contribution is -2.23. The lowest BCUT2D eigenvalue weighted by Gasteiger charge is -2.12. The second-order valence-electron chi connectivity index (χ2n) is 5.54. The van der Waals surface area contributed by atoms with Gasteiger partial charge in [0.1, 0.15) is 18.0 Å². The lowest BCUT2D eigenvalue weighted by atomic mass is 10.3. The molecule has 1 heterocycles. The number of rotatable bonds is 8. The van der Waals surface area contributed by atoms with Crippen LogP contribution in [0, 0.1) is 0 Å². The minimum Gasteiger partial charge on any atom is -0.495 e. The number of thioether (sulfide) groups is 1. The molecule has 8 nitrogen and oxygen atoms in total. The fourth-order valence-electron chi connectivity index (χ4n) is 2.14. The van der Waals surface area contributed by atoms with E-state index in [0.717, 1.165) is 0 Å². The van der Waals surface area contributed by atoms with E-state index in [1.165, 1.54) is 18.9 Å². The van der Waals surface area contributed by atoms with E-state index in [2.05, 4.69) is 15.5 Å². The van der Waals surface area contributed by atoms with Crippen LogP contribution in [0.1, 0.15) is 19.7 Å². The Hall–Kier alpha value is -2.26. The van der Waals surface area contributed by atoms with Crippen molar-refractivity contribution in [2.75, 3.05) is 19.0 Å². The fraction of sp³-hybridized carbons (Fsp3) is 0.412. The Balaban J connectivity index is 1.99. The minimum absolute atomic E-state index is 0.0306. The first-order valence-corrected chi connectivity index (χ1v) is 9.46. The summed E-state index contributed by atoms with van der Waals surface area (Å²) < 4.78 is 11.7. The van der Waals surface area contributed by atoms with Crippen molar-refractivity contribution in [3.8, 4) is 5.75 Å². The molecule has 0 aliphatic carbocycles. The molecule has 0 spiro atoms. The molecule has 0 radical (unpaired) electrons. The summed E-state index contributed by atoms with van der Waals surface area (Å²) in [5, 5.41) is 11.3. The number of carbonyl (C=O) groups excluding carboxylic acids is 2. The molecule has 0 unspecified atom stereocenters. The molecule has 1 aromatic carbocycles. The van der Waals surface area contributed by atoms with Gasteiger partial charge in [0.25, 0.3) is 0 Å². The molecular formula is C17H21ClN4O4S. The van der Waals surface area contributed by atoms with Gasteiger partial charge in [-0.1, -0.05) is 23.4 Å². The SMILES string of the molecule is CCOC(=O)Cc1nnc(S[C@@H](C)C(=O)Nc2ccc(OC)c(Cl)c2)n1C. The Bertz CT molecular complexity index is 827. The highest BCUT2D eigenvalue weighted by molar-refractivity contribution is 8.00. The summed E-state index contributed by atoms with van der Waals surface area (Å²) in [5.41, 5.74) is 0.569. The molecule has 1 atom stereocenters. The van der Waals surface area contributed by atoms with Crippen LogP contribution < -0.4 is 10.1 Å². The number of hydrogen-bond acceptors (Lipinski definition) is 7. The van der Waals surface area contributed by atoms with E-state index >= 15 is 0 Å². The molecule has 0 aliphatic rings. The molecule has 1 N–H and O–H groups in total. The Morgan fingerprint density at radius 1 is 1.37 bits per heavy atom. The monoisotopic (exact) mass is 412 g/mol. The first-order valence-electron chi connectivity index (χ1n) is 8.20. The van der Waals surface area contributed by atoms with Crippen molar-refractivity contribution >= 4 is 40.9 Å². The molecule has 0 saturated heterocycles. The van der Waals surface area contributed by atoms with Crippen LogP contribution in [0.15, 0.2) is 23.4 Å². The molecule has 2 aromatic rings. The maximum absolute atomic E-state index is 12.4. The zero-order chi connectivity index (χ0) is 20.0. The van der Waals surface area contributed by atoms with Crippen LogP contribution in [0.25, 0.3) is 0 Å². The molecule has 0 bridgehead atoms. The fourth-order valence-corrected chi connectivity index (χ4v) is 3.23. The molecule has 27 heavy (non-hydrogen) atoms. The van der Waals surface area contributed by atoms with E-state index in [-0.39, 0.29) is 18.3 Å². The molecule has 0 aliphatic heterocycles. The number of halogens is 1. The van der Waals surface area contributed by atoms with Gasteiger partial charge in [0, 0.05) is 12.7 Å². The molecule has 10 heteroatoms. The molecule has 1 amide bonds. The van der Waals surface area contributed by atoms with Gasteiger partial charge in [0.2, 0.25) is 5.91 Å². The van der Waals surface area contributed by atoms with Gasteiger partial charge in [-0.05, 0) is 32.0 Å². The summed E-state index contributed by atoms with van der Waals surface area (Å²) >= 11 is 7.31. The summed E-state index contributed by atoms with van der Waals surface area (Å²) in [7, 11) is 3.26. The number of anilines is 1. The number of aromatic nitrogens is 3. The van der Waals surface area contributed by atoms with Gasteiger partial charge < -0.3 is 19.4 Å². The Morgan fingerprint density at radius 3 is 2.74 bits per heavy atom. The Morgan fingerprint density at radius 2 is 2.11 bits per heavy atom. The van der Waals surface area contributed by atoms with Crippen molar-refractivity contribution < 1.29 is 19.1 Å². The van der Waals surface area contributed by atoms with Gasteiger partial charge in [-0.25, -0.2) is 0 Å². The standard InChI is InChI=1S/C17H21ClN4O4S/c1-5-26-15(23)9-14-20-21-17(22(14)3)27-10(2)16(24)19-11-6-7-13(25-4)12(18)8-11/h6-8,10H,5,9H2,1-4H3,(H,19,24)/t10-/m0/s1. The smallest absolute Gasteiger partial charge is 0.313 e. The topological polar surface area (TPSA) is 95.3 Å². The average Bonchev–Trinajstić information content (AvgIpc) is 2.95. The third kappa shape index (κ3) is 5.61. The number of nitrogens with one attached hydrogen (secondary N) is 1. The van der Waals surface area contributed by atoms with Crippen LogP contribution >= 0.6 is 23.4 Å². The van der Waals surface area contributed by atoms with Gasteiger partial charge in [-0.3, -0.25) is 9.59 Å². The highest BCUT2D eigenvalue weighted by Gasteiger charge is 2.20. The minimum atomic E-state index is -0.441. The van der Waals surface area contributed by atoms with Crippen molar-refractivity contribution in [1.82, 2.24) is 14.8 Å². The van der Waals surface area contributed by atoms with E-state index < -0.39 is 5.25 Å². The highest BCUT2D eigenvalue weighted by Crippen LogP contribution is 2.28. The van der Waals surface area contributed by atoms with Gasteiger partial charge in [-0.2, -0.15) is 0 Å². The number of carbonyl (C=O) groups is 2.